The molecule has 0 amide bonds. The molecule has 0 spiro atoms. The molecule has 22 heavy (non-hydrogen) atoms. The molecule has 1 saturated carbocycles. The van der Waals surface area contributed by atoms with Crippen LogP contribution >= 0.6 is 0 Å². The van der Waals surface area contributed by atoms with E-state index in [0.29, 0.717) is 0 Å². The summed E-state index contributed by atoms with van der Waals surface area (Å²) in [7, 11) is 0. The van der Waals surface area contributed by atoms with Crippen molar-refractivity contribution in [3.05, 3.63) is 0 Å². The molecule has 2 aliphatic rings. The first kappa shape index (κ1) is 17.8. The van der Waals surface area contributed by atoms with E-state index in [1.54, 1.807) is 0 Å². The van der Waals surface area contributed by atoms with E-state index < -0.39 is 0 Å². The molecule has 2 heteroatoms. The van der Waals surface area contributed by atoms with E-state index >= 15 is 0 Å². The van der Waals surface area contributed by atoms with Gasteiger partial charge in [-0.05, 0) is 19.3 Å². The molecule has 128 valence electrons. The van der Waals surface area contributed by atoms with Crippen molar-refractivity contribution in [3.63, 3.8) is 0 Å². The maximum absolute atomic E-state index is 11.6. The quantitative estimate of drug-likeness (QED) is 0.500. The largest absolute Gasteiger partial charge is 0.461 e. The highest BCUT2D eigenvalue weighted by Gasteiger charge is 2.40. The Balaban J connectivity index is 1.64. The van der Waals surface area contributed by atoms with Crippen LogP contribution in [0.4, 0.5) is 0 Å². The Morgan fingerprint density at radius 3 is 1.32 bits per heavy atom. The van der Waals surface area contributed by atoms with Gasteiger partial charge in [-0.3, -0.25) is 4.79 Å². The Morgan fingerprint density at radius 2 is 0.909 bits per heavy atom. The second-order valence-electron chi connectivity index (χ2n) is 7.46. The van der Waals surface area contributed by atoms with Crippen molar-refractivity contribution < 1.29 is 9.53 Å². The summed E-state index contributed by atoms with van der Waals surface area (Å²) in [6.45, 7) is 0. The topological polar surface area (TPSA) is 26.3 Å². The van der Waals surface area contributed by atoms with Crippen LogP contribution in [0.15, 0.2) is 0 Å². The number of rotatable bonds is 0. The van der Waals surface area contributed by atoms with Gasteiger partial charge in [0.1, 0.15) is 6.10 Å². The fourth-order valence-corrected chi connectivity index (χ4v) is 3.97. The molecule has 0 bridgehead atoms. The first-order valence-corrected chi connectivity index (χ1v) is 10.1. The average Bonchev–Trinajstić information content (AvgIpc) is 2.51. The van der Waals surface area contributed by atoms with Gasteiger partial charge in [-0.15, -0.1) is 0 Å². The summed E-state index contributed by atoms with van der Waals surface area (Å²) in [5.74, 6) is 0.318. The molecule has 1 saturated heterocycles. The van der Waals surface area contributed by atoms with Crippen LogP contribution in [0, 0.1) is 5.92 Å². The Kier molecular flexibility index (Phi) is 8.97. The number of carbonyl (C=O) groups is 1. The molecule has 1 aliphatic heterocycles. The monoisotopic (exact) mass is 308 g/mol. The van der Waals surface area contributed by atoms with E-state index in [2.05, 4.69) is 0 Å². The Morgan fingerprint density at radius 1 is 0.545 bits per heavy atom. The minimum Gasteiger partial charge on any atom is -0.461 e. The van der Waals surface area contributed by atoms with E-state index in [9.17, 15) is 4.79 Å². The summed E-state index contributed by atoms with van der Waals surface area (Å²) in [4.78, 5) is 11.6. The summed E-state index contributed by atoms with van der Waals surface area (Å²) >= 11 is 0. The van der Waals surface area contributed by atoms with E-state index in [0.717, 1.165) is 12.8 Å². The smallest absolute Gasteiger partial charge is 0.313 e. The molecule has 0 N–H and O–H groups in total. The first-order chi connectivity index (χ1) is 10.9. The lowest BCUT2D eigenvalue weighted by molar-refractivity contribution is -0.186. The van der Waals surface area contributed by atoms with Gasteiger partial charge >= 0.3 is 5.97 Å². The summed E-state index contributed by atoms with van der Waals surface area (Å²) in [6, 6.07) is 0. The van der Waals surface area contributed by atoms with Gasteiger partial charge in [0, 0.05) is 0 Å². The third kappa shape index (κ3) is 6.71. The Hall–Kier alpha value is -0.530. The molecule has 0 aromatic rings. The molecule has 2 rings (SSSR count). The van der Waals surface area contributed by atoms with Crippen molar-refractivity contribution in [2.24, 2.45) is 5.92 Å². The van der Waals surface area contributed by atoms with Crippen molar-refractivity contribution in [1.82, 2.24) is 0 Å². The van der Waals surface area contributed by atoms with Crippen LogP contribution in [-0.4, -0.2) is 12.1 Å². The molecular formula is C20H36O2. The zero-order chi connectivity index (χ0) is 15.5. The Bertz CT molecular complexity index is 300. The van der Waals surface area contributed by atoms with Crippen LogP contribution in [0.25, 0.3) is 0 Å². The van der Waals surface area contributed by atoms with Crippen molar-refractivity contribution in [2.45, 2.75) is 115 Å². The van der Waals surface area contributed by atoms with Crippen molar-refractivity contribution >= 4 is 5.97 Å². The van der Waals surface area contributed by atoms with Crippen molar-refractivity contribution in [2.75, 3.05) is 0 Å². The number of carbonyl (C=O) groups excluding carboxylic acids is 1. The number of hydrogen-bond donors (Lipinski definition) is 0. The highest BCUT2D eigenvalue weighted by atomic mass is 16.6. The van der Waals surface area contributed by atoms with Crippen LogP contribution in [0.3, 0.4) is 0 Å². The third-order valence-electron chi connectivity index (χ3n) is 5.52. The van der Waals surface area contributed by atoms with Gasteiger partial charge in [0.25, 0.3) is 0 Å². The van der Waals surface area contributed by atoms with E-state index in [1.807, 2.05) is 0 Å². The zero-order valence-corrected chi connectivity index (χ0v) is 14.5. The van der Waals surface area contributed by atoms with Gasteiger partial charge < -0.3 is 4.74 Å². The van der Waals surface area contributed by atoms with Gasteiger partial charge in [0.15, 0.2) is 0 Å². The standard InChI is InChI=1S/C20H36O2/c21-20-18-16-14-12-10-8-6-4-2-1-3-5-7-9-11-13-15-17-19(18)22-20/h18-19H,1-17H2. The molecule has 2 nitrogen and oxygen atoms in total. The van der Waals surface area contributed by atoms with Crippen LogP contribution in [0.2, 0.25) is 0 Å². The maximum atomic E-state index is 11.6. The highest BCUT2D eigenvalue weighted by molar-refractivity contribution is 5.78. The molecule has 0 radical (unpaired) electrons. The second-order valence-corrected chi connectivity index (χ2v) is 7.46. The minimum absolute atomic E-state index is 0.0795. The van der Waals surface area contributed by atoms with E-state index in [-0.39, 0.29) is 18.0 Å². The van der Waals surface area contributed by atoms with Crippen LogP contribution in [0.5, 0.6) is 0 Å². The van der Waals surface area contributed by atoms with Crippen molar-refractivity contribution in [1.29, 1.82) is 0 Å². The molecule has 2 unspecified atom stereocenters. The Labute approximate surface area is 137 Å². The predicted octanol–water partition coefficient (Wildman–Crippen LogP) is 6.17. The maximum Gasteiger partial charge on any atom is 0.313 e. The fourth-order valence-electron chi connectivity index (χ4n) is 3.97. The summed E-state index contributed by atoms with van der Waals surface area (Å²) < 4.78 is 5.36. The van der Waals surface area contributed by atoms with Crippen LogP contribution in [-0.2, 0) is 9.53 Å². The fraction of sp³-hybridized carbons (Fsp3) is 0.950. The van der Waals surface area contributed by atoms with E-state index in [4.69, 9.17) is 4.74 Å². The molecule has 0 aromatic heterocycles. The number of fused-ring (bicyclic) bond motifs is 1. The normalized spacial score (nSPS) is 30.8. The summed E-state index contributed by atoms with van der Waals surface area (Å²) in [5, 5.41) is 0. The van der Waals surface area contributed by atoms with Gasteiger partial charge in [0.05, 0.1) is 5.92 Å². The number of esters is 1. The molecule has 0 aromatic carbocycles. The molecule has 2 fully saturated rings. The number of hydrogen-bond acceptors (Lipinski definition) is 2. The first-order valence-electron chi connectivity index (χ1n) is 10.1. The molecule has 1 aliphatic carbocycles. The van der Waals surface area contributed by atoms with Gasteiger partial charge in [-0.1, -0.05) is 89.9 Å². The molecule has 2 atom stereocenters. The zero-order valence-electron chi connectivity index (χ0n) is 14.5. The van der Waals surface area contributed by atoms with Gasteiger partial charge in [-0.2, -0.15) is 0 Å². The van der Waals surface area contributed by atoms with E-state index in [1.165, 1.54) is 96.3 Å². The van der Waals surface area contributed by atoms with Crippen LogP contribution < -0.4 is 0 Å². The lowest BCUT2D eigenvalue weighted by Gasteiger charge is -2.35. The minimum atomic E-state index is 0.0795. The SMILES string of the molecule is O=C1OC2CCCCCCCCCCCCCCCCCC12. The second kappa shape index (κ2) is 11.1. The van der Waals surface area contributed by atoms with Gasteiger partial charge in [0.2, 0.25) is 0 Å². The third-order valence-corrected chi connectivity index (χ3v) is 5.52. The average molecular weight is 309 g/mol. The summed E-state index contributed by atoms with van der Waals surface area (Å²) in [5.41, 5.74) is 0. The lowest BCUT2D eigenvalue weighted by atomic mass is 9.87. The highest BCUT2D eigenvalue weighted by Crippen LogP contribution is 2.31. The predicted molar refractivity (Wildman–Crippen MR) is 91.9 cm³/mol. The van der Waals surface area contributed by atoms with Crippen molar-refractivity contribution in [3.8, 4) is 0 Å². The van der Waals surface area contributed by atoms with Gasteiger partial charge in [-0.25, -0.2) is 0 Å². The lowest BCUT2D eigenvalue weighted by Crippen LogP contribution is -2.44. The molecule has 1 heterocycles. The number of ether oxygens (including phenoxy) is 1. The molecular weight excluding hydrogens is 272 g/mol. The summed E-state index contributed by atoms with van der Waals surface area (Å²) in [6.07, 6.45) is 23.0. The van der Waals surface area contributed by atoms with Crippen LogP contribution in [0.1, 0.15) is 109 Å².